The van der Waals surface area contributed by atoms with Crippen LogP contribution in [0.25, 0.3) is 0 Å². The molecule has 0 aliphatic carbocycles. The topological polar surface area (TPSA) is 80.6 Å². The van der Waals surface area contributed by atoms with Crippen LogP contribution in [-0.2, 0) is 20.9 Å². The van der Waals surface area contributed by atoms with Gasteiger partial charge in [-0.3, -0.25) is 9.59 Å². The fourth-order valence-corrected chi connectivity index (χ4v) is 3.86. The highest BCUT2D eigenvalue weighted by Crippen LogP contribution is 2.40. The van der Waals surface area contributed by atoms with Crippen LogP contribution in [0.1, 0.15) is 16.9 Å². The number of ether oxygens (including phenoxy) is 1. The Labute approximate surface area is 157 Å². The lowest BCUT2D eigenvalue weighted by Crippen LogP contribution is -2.44. The third-order valence-electron chi connectivity index (χ3n) is 5.25. The largest absolute Gasteiger partial charge is 0.467 e. The Morgan fingerprint density at radius 3 is 2.26 bits per heavy atom. The van der Waals surface area contributed by atoms with Crippen LogP contribution in [0.3, 0.4) is 0 Å². The van der Waals surface area contributed by atoms with Crippen LogP contribution in [0.15, 0.2) is 53.2 Å². The lowest BCUT2D eigenvalue weighted by molar-refractivity contribution is -0.131. The normalized spacial score (nSPS) is 25.6. The fraction of sp³-hybridized carbons (Fsp3) is 0.333. The zero-order chi connectivity index (χ0) is 19.0. The van der Waals surface area contributed by atoms with E-state index >= 15 is 0 Å². The highest BCUT2D eigenvalue weighted by Gasteiger charge is 2.52. The SMILES string of the molecule is Cc1cccc(C)c1NC(=O)C1C2C=CC(O2)C1C(=O)NCc1ccco1. The lowest BCUT2D eigenvalue weighted by Gasteiger charge is -2.24. The summed E-state index contributed by atoms with van der Waals surface area (Å²) in [6, 6.07) is 9.42. The Bertz CT molecular complexity index is 867. The second-order valence-corrected chi connectivity index (χ2v) is 7.06. The summed E-state index contributed by atoms with van der Waals surface area (Å²) in [6.07, 6.45) is 4.55. The molecule has 2 bridgehead atoms. The van der Waals surface area contributed by atoms with Gasteiger partial charge >= 0.3 is 0 Å². The molecule has 4 atom stereocenters. The molecule has 4 unspecified atom stereocenters. The maximum atomic E-state index is 13.0. The van der Waals surface area contributed by atoms with E-state index in [9.17, 15) is 9.59 Å². The Kier molecular flexibility index (Phi) is 4.58. The summed E-state index contributed by atoms with van der Waals surface area (Å²) in [6.45, 7) is 4.19. The van der Waals surface area contributed by atoms with Crippen molar-refractivity contribution in [1.29, 1.82) is 0 Å². The van der Waals surface area contributed by atoms with Crippen molar-refractivity contribution in [3.63, 3.8) is 0 Å². The highest BCUT2D eigenvalue weighted by molar-refractivity contribution is 5.98. The van der Waals surface area contributed by atoms with E-state index in [1.807, 2.05) is 44.2 Å². The van der Waals surface area contributed by atoms with Gasteiger partial charge in [0.25, 0.3) is 0 Å². The molecule has 140 valence electrons. The first kappa shape index (κ1) is 17.5. The Hall–Kier alpha value is -2.86. The number of carbonyl (C=O) groups is 2. The number of furan rings is 1. The minimum Gasteiger partial charge on any atom is -0.467 e. The maximum absolute atomic E-state index is 13.0. The molecule has 4 rings (SSSR count). The number of rotatable bonds is 5. The summed E-state index contributed by atoms with van der Waals surface area (Å²) in [5, 5.41) is 5.87. The van der Waals surface area contributed by atoms with E-state index in [1.165, 1.54) is 0 Å². The molecule has 0 radical (unpaired) electrons. The van der Waals surface area contributed by atoms with Crippen molar-refractivity contribution in [2.75, 3.05) is 5.32 Å². The molecule has 6 heteroatoms. The number of carbonyl (C=O) groups excluding carboxylic acids is 2. The minimum absolute atomic E-state index is 0.192. The number of para-hydroxylation sites is 1. The second-order valence-electron chi connectivity index (χ2n) is 7.06. The van der Waals surface area contributed by atoms with Gasteiger partial charge in [0.05, 0.1) is 36.9 Å². The van der Waals surface area contributed by atoms with Crippen LogP contribution in [0.4, 0.5) is 5.69 Å². The number of hydrogen-bond acceptors (Lipinski definition) is 4. The van der Waals surface area contributed by atoms with Gasteiger partial charge in [-0.15, -0.1) is 0 Å². The number of amides is 2. The molecule has 1 aromatic carbocycles. The first-order valence-corrected chi connectivity index (χ1v) is 9.05. The molecule has 1 saturated heterocycles. The number of aryl methyl sites for hydroxylation is 2. The molecule has 2 N–H and O–H groups in total. The monoisotopic (exact) mass is 366 g/mol. The van der Waals surface area contributed by atoms with Gasteiger partial charge in [-0.05, 0) is 37.1 Å². The molecule has 27 heavy (non-hydrogen) atoms. The van der Waals surface area contributed by atoms with E-state index in [2.05, 4.69) is 10.6 Å². The summed E-state index contributed by atoms with van der Waals surface area (Å²) in [5.41, 5.74) is 2.77. The van der Waals surface area contributed by atoms with Gasteiger partial charge in [0.15, 0.2) is 0 Å². The van der Waals surface area contributed by atoms with Crippen LogP contribution in [-0.4, -0.2) is 24.0 Å². The van der Waals surface area contributed by atoms with E-state index < -0.39 is 11.8 Å². The van der Waals surface area contributed by atoms with Crippen LogP contribution < -0.4 is 10.6 Å². The Morgan fingerprint density at radius 2 is 1.63 bits per heavy atom. The van der Waals surface area contributed by atoms with Crippen molar-refractivity contribution in [2.45, 2.75) is 32.6 Å². The van der Waals surface area contributed by atoms with Gasteiger partial charge in [0, 0.05) is 5.69 Å². The van der Waals surface area contributed by atoms with Gasteiger partial charge in [-0.25, -0.2) is 0 Å². The molecule has 0 saturated carbocycles. The average molecular weight is 366 g/mol. The summed E-state index contributed by atoms with van der Waals surface area (Å²) < 4.78 is 11.1. The second kappa shape index (κ2) is 7.04. The van der Waals surface area contributed by atoms with Crippen molar-refractivity contribution in [1.82, 2.24) is 5.32 Å². The van der Waals surface area contributed by atoms with Crippen molar-refractivity contribution in [2.24, 2.45) is 11.8 Å². The quantitative estimate of drug-likeness (QED) is 0.798. The van der Waals surface area contributed by atoms with Crippen LogP contribution >= 0.6 is 0 Å². The first-order chi connectivity index (χ1) is 13.0. The third-order valence-corrected chi connectivity index (χ3v) is 5.25. The lowest BCUT2D eigenvalue weighted by atomic mass is 9.81. The molecule has 1 aromatic heterocycles. The number of benzene rings is 1. The van der Waals surface area contributed by atoms with Crippen LogP contribution in [0.5, 0.6) is 0 Å². The van der Waals surface area contributed by atoms with E-state index in [-0.39, 0.29) is 30.6 Å². The molecule has 1 fully saturated rings. The number of fused-ring (bicyclic) bond motifs is 2. The third kappa shape index (κ3) is 3.28. The predicted octanol–water partition coefficient (Wildman–Crippen LogP) is 2.72. The molecule has 2 aliphatic rings. The van der Waals surface area contributed by atoms with Crippen molar-refractivity contribution in [3.05, 3.63) is 65.6 Å². The van der Waals surface area contributed by atoms with Crippen molar-refractivity contribution in [3.8, 4) is 0 Å². The standard InChI is InChI=1S/C21H22N2O4/c1-12-5-3-6-13(2)19(12)23-21(25)18-16-9-8-15(27-16)17(18)20(24)22-11-14-7-4-10-26-14/h3-10,15-18H,11H2,1-2H3,(H,22,24)(H,23,25). The molecule has 3 heterocycles. The maximum Gasteiger partial charge on any atom is 0.231 e. The average Bonchev–Trinajstić information content (AvgIpc) is 3.39. The summed E-state index contributed by atoms with van der Waals surface area (Å²) in [7, 11) is 0. The molecule has 6 nitrogen and oxygen atoms in total. The summed E-state index contributed by atoms with van der Waals surface area (Å²) >= 11 is 0. The van der Waals surface area contributed by atoms with Crippen molar-refractivity contribution >= 4 is 17.5 Å². The molecular weight excluding hydrogens is 344 g/mol. The van der Waals surface area contributed by atoms with E-state index in [0.29, 0.717) is 5.76 Å². The smallest absolute Gasteiger partial charge is 0.231 e. The van der Waals surface area contributed by atoms with Crippen LogP contribution in [0.2, 0.25) is 0 Å². The van der Waals surface area contributed by atoms with Gasteiger partial charge in [0.2, 0.25) is 11.8 Å². The number of hydrogen-bond donors (Lipinski definition) is 2. The molecule has 2 aliphatic heterocycles. The Morgan fingerprint density at radius 1 is 0.963 bits per heavy atom. The minimum atomic E-state index is -0.560. The van der Waals surface area contributed by atoms with Gasteiger partial charge in [-0.2, -0.15) is 0 Å². The van der Waals surface area contributed by atoms with Crippen LogP contribution in [0, 0.1) is 25.7 Å². The van der Waals surface area contributed by atoms with Gasteiger partial charge in [0.1, 0.15) is 5.76 Å². The molecule has 2 aromatic rings. The zero-order valence-corrected chi connectivity index (χ0v) is 15.3. The van der Waals surface area contributed by atoms with Gasteiger partial charge in [-0.1, -0.05) is 30.4 Å². The fourth-order valence-electron chi connectivity index (χ4n) is 3.86. The highest BCUT2D eigenvalue weighted by atomic mass is 16.5. The molecule has 2 amide bonds. The van der Waals surface area contributed by atoms with Crippen molar-refractivity contribution < 1.29 is 18.7 Å². The zero-order valence-electron chi connectivity index (χ0n) is 15.3. The van der Waals surface area contributed by atoms with Gasteiger partial charge < -0.3 is 19.8 Å². The Balaban J connectivity index is 1.50. The molecular formula is C21H22N2O4. The van der Waals surface area contributed by atoms with E-state index in [4.69, 9.17) is 9.15 Å². The number of nitrogens with one attached hydrogen (secondary N) is 2. The summed E-state index contributed by atoms with van der Waals surface area (Å²) in [4.78, 5) is 25.8. The number of anilines is 1. The predicted molar refractivity (Wildman–Crippen MR) is 99.9 cm³/mol. The van der Waals surface area contributed by atoms with E-state index in [1.54, 1.807) is 18.4 Å². The molecule has 0 spiro atoms. The van der Waals surface area contributed by atoms with E-state index in [0.717, 1.165) is 16.8 Å². The first-order valence-electron chi connectivity index (χ1n) is 9.05. The summed E-state index contributed by atoms with van der Waals surface area (Å²) in [5.74, 6) is -0.846.